The number of hydrogen-bond acceptors (Lipinski definition) is 8. The number of fused-ring (bicyclic) bond motifs is 1. The molecule has 0 aliphatic carbocycles. The third-order valence-electron chi connectivity index (χ3n) is 4.17. The van der Waals surface area contributed by atoms with E-state index < -0.39 is 22.9 Å². The first kappa shape index (κ1) is 18.5. The van der Waals surface area contributed by atoms with Crippen LogP contribution in [-0.4, -0.2) is 46.0 Å². The zero-order chi connectivity index (χ0) is 19.6. The van der Waals surface area contributed by atoms with Crippen molar-refractivity contribution in [3.63, 3.8) is 0 Å². The Hall–Kier alpha value is -3.27. The van der Waals surface area contributed by atoms with Gasteiger partial charge in [-0.25, -0.2) is 4.68 Å². The van der Waals surface area contributed by atoms with Gasteiger partial charge in [0, 0.05) is 24.9 Å². The number of rotatable bonds is 6. The summed E-state index contributed by atoms with van der Waals surface area (Å²) in [5.41, 5.74) is 0.835. The molecule has 142 valence electrons. The second kappa shape index (κ2) is 7.54. The van der Waals surface area contributed by atoms with Gasteiger partial charge in [0.2, 0.25) is 5.95 Å². The Kier molecular flexibility index (Phi) is 5.17. The Balaban J connectivity index is 2.05. The minimum atomic E-state index is -0.836. The SMILES string of the molecule is C=C1Nc2nc(C)nn2[C@@H](c2cccc([N+](=O)[O-])c2)[C@@H]1C(=O)OCCOC. The Bertz CT molecular complexity index is 894. The third-order valence-corrected chi connectivity index (χ3v) is 4.17. The van der Waals surface area contributed by atoms with E-state index in [0.717, 1.165) is 0 Å². The van der Waals surface area contributed by atoms with Gasteiger partial charge < -0.3 is 14.8 Å². The summed E-state index contributed by atoms with van der Waals surface area (Å²) in [6.45, 7) is 5.99. The summed E-state index contributed by atoms with van der Waals surface area (Å²) in [4.78, 5) is 27.7. The van der Waals surface area contributed by atoms with Crippen molar-refractivity contribution in [3.05, 3.63) is 58.0 Å². The Morgan fingerprint density at radius 2 is 2.22 bits per heavy atom. The smallest absolute Gasteiger partial charge is 0.317 e. The average molecular weight is 373 g/mol. The van der Waals surface area contributed by atoms with Crippen molar-refractivity contribution in [3.8, 4) is 0 Å². The second-order valence-electron chi connectivity index (χ2n) is 6.01. The lowest BCUT2D eigenvalue weighted by atomic mass is 9.89. The lowest BCUT2D eigenvalue weighted by Crippen LogP contribution is -2.38. The van der Waals surface area contributed by atoms with Crippen LogP contribution in [0, 0.1) is 23.0 Å². The first-order valence-corrected chi connectivity index (χ1v) is 8.21. The number of nitrogens with zero attached hydrogens (tertiary/aromatic N) is 4. The highest BCUT2D eigenvalue weighted by atomic mass is 16.6. The van der Waals surface area contributed by atoms with Gasteiger partial charge in [-0.05, 0) is 12.5 Å². The van der Waals surface area contributed by atoms with Gasteiger partial charge in [-0.1, -0.05) is 18.7 Å². The zero-order valence-electron chi connectivity index (χ0n) is 14.9. The summed E-state index contributed by atoms with van der Waals surface area (Å²) in [5, 5.41) is 18.5. The fourth-order valence-corrected chi connectivity index (χ4v) is 3.00. The van der Waals surface area contributed by atoms with Gasteiger partial charge in [0.1, 0.15) is 18.3 Å². The van der Waals surface area contributed by atoms with E-state index >= 15 is 0 Å². The van der Waals surface area contributed by atoms with Crippen LogP contribution in [0.25, 0.3) is 0 Å². The number of nitro groups is 1. The molecule has 0 saturated heterocycles. The number of anilines is 1. The summed E-state index contributed by atoms with van der Waals surface area (Å²) in [7, 11) is 1.51. The number of benzene rings is 1. The topological polar surface area (TPSA) is 121 Å². The van der Waals surface area contributed by atoms with Gasteiger partial charge in [0.25, 0.3) is 5.69 Å². The van der Waals surface area contributed by atoms with Crippen LogP contribution >= 0.6 is 0 Å². The molecule has 2 heterocycles. The van der Waals surface area contributed by atoms with E-state index in [2.05, 4.69) is 22.0 Å². The molecule has 0 bridgehead atoms. The minimum absolute atomic E-state index is 0.0819. The molecule has 0 fully saturated rings. The molecule has 27 heavy (non-hydrogen) atoms. The van der Waals surface area contributed by atoms with E-state index in [1.807, 2.05) is 0 Å². The van der Waals surface area contributed by atoms with E-state index in [1.54, 1.807) is 19.1 Å². The van der Waals surface area contributed by atoms with Crippen LogP contribution in [0.15, 0.2) is 36.5 Å². The Morgan fingerprint density at radius 3 is 2.93 bits per heavy atom. The van der Waals surface area contributed by atoms with E-state index in [4.69, 9.17) is 9.47 Å². The predicted molar refractivity (Wildman–Crippen MR) is 95.1 cm³/mol. The molecule has 1 N–H and O–H groups in total. The molecule has 0 radical (unpaired) electrons. The number of nitrogens with one attached hydrogen (secondary N) is 1. The largest absolute Gasteiger partial charge is 0.463 e. The normalized spacial score (nSPS) is 18.5. The van der Waals surface area contributed by atoms with Gasteiger partial charge in [-0.15, -0.1) is 0 Å². The van der Waals surface area contributed by atoms with Gasteiger partial charge in [-0.2, -0.15) is 10.1 Å². The predicted octanol–water partition coefficient (Wildman–Crippen LogP) is 1.83. The van der Waals surface area contributed by atoms with Crippen LogP contribution in [0.2, 0.25) is 0 Å². The molecule has 1 aromatic carbocycles. The monoisotopic (exact) mass is 373 g/mol. The number of aromatic nitrogens is 3. The Labute approximate surface area is 154 Å². The van der Waals surface area contributed by atoms with Gasteiger partial charge in [0.15, 0.2) is 0 Å². The molecule has 2 aromatic rings. The molecular weight excluding hydrogens is 354 g/mol. The molecule has 0 saturated carbocycles. The third kappa shape index (κ3) is 3.65. The number of carbonyl (C=O) groups excluding carboxylic acids is 1. The van der Waals surface area contributed by atoms with Crippen molar-refractivity contribution in [2.45, 2.75) is 13.0 Å². The maximum Gasteiger partial charge on any atom is 0.317 e. The van der Waals surface area contributed by atoms with Crippen molar-refractivity contribution in [2.24, 2.45) is 5.92 Å². The molecule has 3 rings (SSSR count). The van der Waals surface area contributed by atoms with Gasteiger partial charge >= 0.3 is 5.97 Å². The summed E-state index contributed by atoms with van der Waals surface area (Å²) in [5.74, 6) is -0.457. The van der Waals surface area contributed by atoms with E-state index in [0.29, 0.717) is 23.0 Å². The number of aryl methyl sites for hydroxylation is 1. The molecule has 0 amide bonds. The summed E-state index contributed by atoms with van der Waals surface area (Å²) in [6.07, 6.45) is 0. The second-order valence-corrected chi connectivity index (χ2v) is 6.01. The number of non-ortho nitro benzene ring substituents is 1. The first-order valence-electron chi connectivity index (χ1n) is 8.21. The Morgan fingerprint density at radius 1 is 1.44 bits per heavy atom. The van der Waals surface area contributed by atoms with Crippen molar-refractivity contribution in [1.82, 2.24) is 14.8 Å². The summed E-state index contributed by atoms with van der Waals surface area (Å²) < 4.78 is 11.7. The quantitative estimate of drug-likeness (QED) is 0.352. The number of carbonyl (C=O) groups is 1. The van der Waals surface area contributed by atoms with Gasteiger partial charge in [0.05, 0.1) is 17.6 Å². The van der Waals surface area contributed by atoms with Crippen LogP contribution in [0.4, 0.5) is 11.6 Å². The maximum atomic E-state index is 12.7. The maximum absolute atomic E-state index is 12.7. The molecule has 2 atom stereocenters. The fraction of sp³-hybridized carbons (Fsp3) is 0.353. The van der Waals surface area contributed by atoms with Crippen molar-refractivity contribution >= 4 is 17.6 Å². The first-order chi connectivity index (χ1) is 12.9. The summed E-state index contributed by atoms with van der Waals surface area (Å²) >= 11 is 0. The van der Waals surface area contributed by atoms with Crippen LogP contribution in [-0.2, 0) is 14.3 Å². The number of ether oxygens (including phenoxy) is 2. The summed E-state index contributed by atoms with van der Waals surface area (Å²) in [6, 6.07) is 5.39. The average Bonchev–Trinajstić information content (AvgIpc) is 3.00. The van der Waals surface area contributed by atoms with E-state index in [9.17, 15) is 14.9 Å². The minimum Gasteiger partial charge on any atom is -0.463 e. The van der Waals surface area contributed by atoms with Crippen LogP contribution < -0.4 is 5.32 Å². The highest BCUT2D eigenvalue weighted by Gasteiger charge is 2.41. The molecule has 1 aliphatic heterocycles. The molecule has 10 nitrogen and oxygen atoms in total. The van der Waals surface area contributed by atoms with Crippen LogP contribution in [0.1, 0.15) is 17.4 Å². The van der Waals surface area contributed by atoms with Crippen LogP contribution in [0.5, 0.6) is 0 Å². The highest BCUT2D eigenvalue weighted by molar-refractivity contribution is 5.79. The molecule has 1 aliphatic rings. The van der Waals surface area contributed by atoms with Gasteiger partial charge in [-0.3, -0.25) is 14.9 Å². The molecular formula is C17H19N5O5. The van der Waals surface area contributed by atoms with E-state index in [-0.39, 0.29) is 18.9 Å². The number of esters is 1. The van der Waals surface area contributed by atoms with Crippen molar-refractivity contribution < 1.29 is 19.2 Å². The van der Waals surface area contributed by atoms with Crippen molar-refractivity contribution in [2.75, 3.05) is 25.6 Å². The lowest BCUT2D eigenvalue weighted by Gasteiger charge is -2.33. The number of hydrogen-bond donors (Lipinski definition) is 1. The molecule has 0 spiro atoms. The molecule has 0 unspecified atom stereocenters. The molecule has 1 aromatic heterocycles. The standard InChI is InChI=1S/C17H19N5O5/c1-10-14(16(23)27-8-7-26-3)15(21-17(18-10)19-11(2)20-21)12-5-4-6-13(9-12)22(24)25/h4-6,9,14-15H,1,7-8H2,2-3H3,(H,18,19,20)/t14-,15+/m1/s1. The van der Waals surface area contributed by atoms with E-state index in [1.165, 1.54) is 23.9 Å². The molecule has 10 heteroatoms. The van der Waals surface area contributed by atoms with Crippen LogP contribution in [0.3, 0.4) is 0 Å². The zero-order valence-corrected chi connectivity index (χ0v) is 14.9. The fourth-order valence-electron chi connectivity index (χ4n) is 3.00. The lowest BCUT2D eigenvalue weighted by molar-refractivity contribution is -0.384. The number of methoxy groups -OCH3 is 1. The van der Waals surface area contributed by atoms with Crippen molar-refractivity contribution in [1.29, 1.82) is 0 Å². The highest BCUT2D eigenvalue weighted by Crippen LogP contribution is 2.38. The number of nitro benzene ring substituents is 1.